The van der Waals surface area contributed by atoms with Gasteiger partial charge in [0.1, 0.15) is 0 Å². The Morgan fingerprint density at radius 2 is 1.52 bits per heavy atom. The highest BCUT2D eigenvalue weighted by molar-refractivity contribution is 5.79. The molecule has 2 aromatic carbocycles. The van der Waals surface area contributed by atoms with Crippen molar-refractivity contribution in [2.24, 2.45) is 0 Å². The summed E-state index contributed by atoms with van der Waals surface area (Å²) in [6, 6.07) is 8.79. The molecule has 0 unspecified atom stereocenters. The van der Waals surface area contributed by atoms with Gasteiger partial charge in [0.15, 0.2) is 0 Å². The van der Waals surface area contributed by atoms with E-state index in [-0.39, 0.29) is 36.7 Å². The van der Waals surface area contributed by atoms with Gasteiger partial charge in [0.2, 0.25) is 5.91 Å². The van der Waals surface area contributed by atoms with Crippen molar-refractivity contribution in [3.05, 3.63) is 79.4 Å². The van der Waals surface area contributed by atoms with Crippen LogP contribution < -0.4 is 0 Å². The zero-order chi connectivity index (χ0) is 24.2. The van der Waals surface area contributed by atoms with Gasteiger partial charge in [-0.2, -0.15) is 13.2 Å². The number of rotatable bonds is 8. The van der Waals surface area contributed by atoms with Crippen LogP contribution in [-0.4, -0.2) is 58.3 Å². The maximum atomic E-state index is 13.3. The molecule has 1 amide bonds. The second kappa shape index (κ2) is 9.94. The molecule has 0 radical (unpaired) electrons. The van der Waals surface area contributed by atoms with Gasteiger partial charge >= 0.3 is 6.18 Å². The number of benzene rings is 2. The number of piperazine rings is 1. The average molecular weight is 466 g/mol. The number of hydrogen-bond acceptors (Lipinski definition) is 6. The molecule has 0 atom stereocenters. The summed E-state index contributed by atoms with van der Waals surface area (Å²) in [6.07, 6.45) is -4.18. The number of hydrogen-bond donors (Lipinski definition) is 0. The molecule has 1 aliphatic rings. The molecule has 1 saturated heterocycles. The minimum Gasteiger partial charge on any atom is -0.340 e. The van der Waals surface area contributed by atoms with Crippen LogP contribution in [-0.2, 0) is 23.8 Å². The van der Waals surface area contributed by atoms with Gasteiger partial charge in [0.25, 0.3) is 11.4 Å². The number of carbonyl (C=O) groups excluding carboxylic acids is 1. The summed E-state index contributed by atoms with van der Waals surface area (Å²) in [5, 5.41) is 21.5. The summed E-state index contributed by atoms with van der Waals surface area (Å²) >= 11 is 0. The largest absolute Gasteiger partial charge is 0.416 e. The lowest BCUT2D eigenvalue weighted by molar-refractivity contribution is -0.385. The Kier molecular flexibility index (Phi) is 7.26. The van der Waals surface area contributed by atoms with Crippen molar-refractivity contribution in [2.75, 3.05) is 32.7 Å². The van der Waals surface area contributed by atoms with Crippen LogP contribution in [0.15, 0.2) is 42.5 Å². The molecule has 1 aliphatic heterocycles. The summed E-state index contributed by atoms with van der Waals surface area (Å²) in [5.74, 6) is -0.150. The van der Waals surface area contributed by atoms with E-state index < -0.39 is 27.3 Å². The van der Waals surface area contributed by atoms with Crippen molar-refractivity contribution in [3.63, 3.8) is 0 Å². The third-order valence-corrected chi connectivity index (χ3v) is 5.52. The van der Waals surface area contributed by atoms with Crippen molar-refractivity contribution < 1.29 is 27.8 Å². The number of amides is 1. The Labute approximate surface area is 186 Å². The Hall–Kier alpha value is -3.54. The number of non-ortho nitro benzene ring substituents is 2. The maximum Gasteiger partial charge on any atom is 0.416 e. The van der Waals surface area contributed by atoms with Crippen LogP contribution in [0.1, 0.15) is 16.7 Å². The Morgan fingerprint density at radius 1 is 0.879 bits per heavy atom. The van der Waals surface area contributed by atoms with Crippen LogP contribution >= 0.6 is 0 Å². The molecule has 12 heteroatoms. The molecular weight excluding hydrogens is 445 g/mol. The third-order valence-electron chi connectivity index (χ3n) is 5.52. The zero-order valence-corrected chi connectivity index (χ0v) is 17.5. The highest BCUT2D eigenvalue weighted by Crippen LogP contribution is 2.34. The van der Waals surface area contributed by atoms with Crippen molar-refractivity contribution in [3.8, 4) is 0 Å². The van der Waals surface area contributed by atoms with Crippen molar-refractivity contribution in [1.82, 2.24) is 9.80 Å². The van der Waals surface area contributed by atoms with Gasteiger partial charge in [0.05, 0.1) is 22.0 Å². The third kappa shape index (κ3) is 6.25. The zero-order valence-electron chi connectivity index (χ0n) is 17.5. The van der Waals surface area contributed by atoms with Gasteiger partial charge in [-0.3, -0.25) is 29.9 Å². The van der Waals surface area contributed by atoms with Crippen LogP contribution in [0.2, 0.25) is 0 Å². The minimum absolute atomic E-state index is 0.00289. The molecule has 33 heavy (non-hydrogen) atoms. The molecule has 0 N–H and O–H groups in total. The van der Waals surface area contributed by atoms with E-state index in [1.54, 1.807) is 21.9 Å². The predicted octanol–water partition coefficient (Wildman–Crippen LogP) is 3.45. The molecule has 0 aromatic heterocycles. The molecule has 176 valence electrons. The molecule has 0 saturated carbocycles. The lowest BCUT2D eigenvalue weighted by Gasteiger charge is -2.34. The topological polar surface area (TPSA) is 110 Å². The van der Waals surface area contributed by atoms with Gasteiger partial charge in [-0.15, -0.1) is 0 Å². The molecule has 9 nitrogen and oxygen atoms in total. The molecule has 2 aromatic rings. The van der Waals surface area contributed by atoms with Crippen LogP contribution in [0.5, 0.6) is 0 Å². The van der Waals surface area contributed by atoms with Crippen LogP contribution in [0, 0.1) is 20.2 Å². The highest BCUT2D eigenvalue weighted by Gasteiger charge is 2.35. The van der Waals surface area contributed by atoms with Gasteiger partial charge in [-0.25, -0.2) is 0 Å². The second-order valence-electron chi connectivity index (χ2n) is 7.68. The van der Waals surface area contributed by atoms with Gasteiger partial charge in [-0.05, 0) is 24.0 Å². The van der Waals surface area contributed by atoms with E-state index in [2.05, 4.69) is 0 Å². The van der Waals surface area contributed by atoms with Crippen LogP contribution in [0.3, 0.4) is 0 Å². The van der Waals surface area contributed by atoms with Crippen LogP contribution in [0.4, 0.5) is 24.5 Å². The van der Waals surface area contributed by atoms with Crippen molar-refractivity contribution in [2.45, 2.75) is 19.0 Å². The van der Waals surface area contributed by atoms with Gasteiger partial charge in [-0.1, -0.05) is 18.2 Å². The first kappa shape index (κ1) is 24.1. The number of nitro groups is 2. The number of halogens is 3. The van der Waals surface area contributed by atoms with E-state index in [1.807, 2.05) is 0 Å². The van der Waals surface area contributed by atoms with Crippen molar-refractivity contribution in [1.29, 1.82) is 0 Å². The summed E-state index contributed by atoms with van der Waals surface area (Å²) in [6.45, 7) is 1.61. The fourth-order valence-corrected chi connectivity index (χ4v) is 3.67. The first-order valence-corrected chi connectivity index (χ1v) is 10.1. The number of carbonyl (C=O) groups is 1. The first-order valence-electron chi connectivity index (χ1n) is 10.1. The van der Waals surface area contributed by atoms with E-state index in [0.29, 0.717) is 32.1 Å². The quantitative estimate of drug-likeness (QED) is 0.435. The number of alkyl halides is 3. The van der Waals surface area contributed by atoms with Gasteiger partial charge in [0, 0.05) is 50.4 Å². The normalized spacial score (nSPS) is 15.0. The first-order chi connectivity index (χ1) is 15.5. The average Bonchev–Trinajstić information content (AvgIpc) is 2.76. The molecule has 0 bridgehead atoms. The molecule has 0 spiro atoms. The van der Waals surface area contributed by atoms with E-state index in [1.165, 1.54) is 12.1 Å². The number of nitro benzene ring substituents is 2. The van der Waals surface area contributed by atoms with E-state index >= 15 is 0 Å². The minimum atomic E-state index is -4.71. The smallest absolute Gasteiger partial charge is 0.340 e. The fraction of sp³-hybridized carbons (Fsp3) is 0.381. The fourth-order valence-electron chi connectivity index (χ4n) is 3.67. The lowest BCUT2D eigenvalue weighted by Crippen LogP contribution is -2.51. The highest BCUT2D eigenvalue weighted by atomic mass is 19.4. The standard InChI is InChI=1S/C21H21F3N4O5/c22-21(23,24)19-13-18(28(32)33)6-3-16(19)8-9-25-11-12-26(20(29)14-25)10-7-15-1-4-17(5-2-15)27(30)31/h1-6,13H,7-12,14H2. The molecule has 3 rings (SSSR count). The Balaban J connectivity index is 1.54. The van der Waals surface area contributed by atoms with Crippen LogP contribution in [0.25, 0.3) is 0 Å². The van der Waals surface area contributed by atoms with Crippen molar-refractivity contribution >= 4 is 17.3 Å². The summed E-state index contributed by atoms with van der Waals surface area (Å²) < 4.78 is 40.0. The SMILES string of the molecule is O=C1CN(CCc2ccc([N+](=O)[O-])cc2C(F)(F)F)CCN1CCc1ccc([N+](=O)[O-])cc1. The van der Waals surface area contributed by atoms with E-state index in [9.17, 15) is 38.2 Å². The maximum absolute atomic E-state index is 13.3. The molecule has 1 fully saturated rings. The molecular formula is C21H21F3N4O5. The van der Waals surface area contributed by atoms with E-state index in [0.717, 1.165) is 17.7 Å². The summed E-state index contributed by atoms with van der Waals surface area (Å²) in [4.78, 5) is 36.0. The monoisotopic (exact) mass is 466 g/mol. The second-order valence-corrected chi connectivity index (χ2v) is 7.68. The summed E-state index contributed by atoms with van der Waals surface area (Å²) in [7, 11) is 0. The lowest BCUT2D eigenvalue weighted by atomic mass is 10.0. The number of nitrogens with zero attached hydrogens (tertiary/aromatic N) is 4. The molecule has 1 heterocycles. The summed E-state index contributed by atoms with van der Waals surface area (Å²) in [5.41, 5.74) is -0.868. The predicted molar refractivity (Wildman–Crippen MR) is 112 cm³/mol. The Morgan fingerprint density at radius 3 is 2.09 bits per heavy atom. The molecule has 0 aliphatic carbocycles. The Bertz CT molecular complexity index is 1040. The van der Waals surface area contributed by atoms with Gasteiger partial charge < -0.3 is 4.90 Å². The van der Waals surface area contributed by atoms with E-state index in [4.69, 9.17) is 0 Å².